The van der Waals surface area contributed by atoms with Gasteiger partial charge in [0.2, 0.25) is 0 Å². The molecule has 4 aliphatic heterocycles. The van der Waals surface area contributed by atoms with Crippen LogP contribution < -0.4 is 9.47 Å². The highest BCUT2D eigenvalue weighted by Crippen LogP contribution is 2.46. The van der Waals surface area contributed by atoms with E-state index in [4.69, 9.17) is 33.2 Å². The summed E-state index contributed by atoms with van der Waals surface area (Å²) >= 11 is 0. The normalized spacial score (nSPS) is 18.1. The van der Waals surface area contributed by atoms with Crippen LogP contribution in [-0.4, -0.2) is 56.5 Å². The Bertz CT molecular complexity index is 1360. The minimum absolute atomic E-state index is 0.00919. The minimum Gasteiger partial charge on any atom is -0.459 e. The summed E-state index contributed by atoms with van der Waals surface area (Å²) in [7, 11) is 0. The molecule has 38 heavy (non-hydrogen) atoms. The molecule has 0 saturated carbocycles. The van der Waals surface area contributed by atoms with Gasteiger partial charge in [-0.25, -0.2) is 14.4 Å². The molecule has 3 aromatic carbocycles. The number of ether oxygens (including phenoxy) is 7. The highest BCUT2D eigenvalue weighted by atomic mass is 16.6. The van der Waals surface area contributed by atoms with Crippen LogP contribution in [0.1, 0.15) is 36.6 Å². The van der Waals surface area contributed by atoms with E-state index < -0.39 is 11.9 Å². The summed E-state index contributed by atoms with van der Waals surface area (Å²) in [6, 6.07) is 17.2. The summed E-state index contributed by atoms with van der Waals surface area (Å²) in [6.07, 6.45) is -0.0184. The van der Waals surface area contributed by atoms with Crippen LogP contribution in [0.25, 0.3) is 0 Å². The fraction of sp³-hybridized carbons (Fsp3) is 0.250. The Morgan fingerprint density at radius 3 is 1.74 bits per heavy atom. The number of epoxide rings is 2. The van der Waals surface area contributed by atoms with Gasteiger partial charge in [0, 0.05) is 0 Å². The van der Waals surface area contributed by atoms with Gasteiger partial charge in [-0.05, 0) is 48.0 Å². The van der Waals surface area contributed by atoms with Crippen LogP contribution in [0.4, 0.5) is 0 Å². The quantitative estimate of drug-likeness (QED) is 0.160. The molecular formula is C28H22O10. The second-order valence-electron chi connectivity index (χ2n) is 8.88. The van der Waals surface area contributed by atoms with E-state index in [1.54, 1.807) is 42.5 Å². The van der Waals surface area contributed by atoms with E-state index in [0.717, 1.165) is 28.6 Å². The van der Waals surface area contributed by atoms with Crippen molar-refractivity contribution >= 4 is 17.9 Å². The standard InChI is InChI=1S/C14H14O6.C14H8O4/c15-13(19-7-9-5-17-9)11-3-1-2-4-12(11)14(16)20-8-10-6-18-10;15-14(9-2-4-11-13(6-9)18-11)16-7-8-1-3-10-12(5-8)17-10/h1-4,9-10H,5-8H2;1-6H,7H2. The lowest BCUT2D eigenvalue weighted by Gasteiger charge is -2.08. The predicted octanol–water partition coefficient (Wildman–Crippen LogP) is 4.05. The molecule has 4 heterocycles. The molecule has 0 spiro atoms. The maximum atomic E-state index is 11.9. The van der Waals surface area contributed by atoms with Gasteiger partial charge >= 0.3 is 17.9 Å². The Balaban J connectivity index is 0.000000140. The summed E-state index contributed by atoms with van der Waals surface area (Å²) in [6.45, 7) is 1.88. The molecule has 194 valence electrons. The fourth-order valence-electron chi connectivity index (χ4n) is 3.48. The van der Waals surface area contributed by atoms with Crippen molar-refractivity contribution in [1.82, 2.24) is 0 Å². The number of carbonyl (C=O) groups excluding carboxylic acids is 3. The average molecular weight is 518 g/mol. The van der Waals surface area contributed by atoms with Crippen molar-refractivity contribution in [2.24, 2.45) is 0 Å². The maximum absolute atomic E-state index is 11.9. The van der Waals surface area contributed by atoms with Crippen molar-refractivity contribution in [2.75, 3.05) is 26.4 Å². The first kappa shape index (κ1) is 24.0. The third-order valence-electron chi connectivity index (χ3n) is 5.89. The molecule has 0 bridgehead atoms. The molecule has 3 aromatic rings. The molecule has 0 N–H and O–H groups in total. The first-order valence-electron chi connectivity index (χ1n) is 12.0. The van der Waals surface area contributed by atoms with Crippen molar-refractivity contribution in [3.8, 4) is 23.0 Å². The Kier molecular flexibility index (Phi) is 6.40. The lowest BCUT2D eigenvalue weighted by Crippen LogP contribution is -2.17. The van der Waals surface area contributed by atoms with Gasteiger partial charge in [-0.1, -0.05) is 18.2 Å². The van der Waals surface area contributed by atoms with Gasteiger partial charge < -0.3 is 33.2 Å². The molecular weight excluding hydrogens is 496 g/mol. The van der Waals surface area contributed by atoms with E-state index >= 15 is 0 Å². The zero-order valence-corrected chi connectivity index (χ0v) is 20.0. The minimum atomic E-state index is -0.546. The zero-order valence-electron chi connectivity index (χ0n) is 20.0. The second kappa shape index (κ2) is 10.2. The van der Waals surface area contributed by atoms with Crippen LogP contribution in [0, 0.1) is 0 Å². The van der Waals surface area contributed by atoms with Crippen LogP contribution in [0.2, 0.25) is 0 Å². The molecule has 0 amide bonds. The van der Waals surface area contributed by atoms with Gasteiger partial charge in [-0.2, -0.15) is 0 Å². The Labute approximate surface area is 216 Å². The summed E-state index contributed by atoms with van der Waals surface area (Å²) in [5, 5.41) is 0. The summed E-state index contributed by atoms with van der Waals surface area (Å²) < 4.78 is 35.5. The van der Waals surface area contributed by atoms with Gasteiger partial charge in [-0.15, -0.1) is 0 Å². The maximum Gasteiger partial charge on any atom is 0.339 e. The van der Waals surface area contributed by atoms with Crippen LogP contribution in [0.5, 0.6) is 23.0 Å². The van der Waals surface area contributed by atoms with Gasteiger partial charge in [0.05, 0.1) is 29.9 Å². The molecule has 4 aliphatic rings. The zero-order chi connectivity index (χ0) is 26.1. The Hall–Kier alpha value is -4.41. The highest BCUT2D eigenvalue weighted by Gasteiger charge is 2.28. The van der Waals surface area contributed by atoms with Crippen LogP contribution in [0.15, 0.2) is 60.7 Å². The third-order valence-corrected chi connectivity index (χ3v) is 5.89. The smallest absolute Gasteiger partial charge is 0.339 e. The monoisotopic (exact) mass is 518 g/mol. The van der Waals surface area contributed by atoms with Crippen molar-refractivity contribution in [2.45, 2.75) is 18.8 Å². The van der Waals surface area contributed by atoms with Crippen LogP contribution >= 0.6 is 0 Å². The number of fused-ring (bicyclic) bond motifs is 2. The highest BCUT2D eigenvalue weighted by molar-refractivity contribution is 6.03. The van der Waals surface area contributed by atoms with Gasteiger partial charge in [0.15, 0.2) is 23.0 Å². The van der Waals surface area contributed by atoms with Crippen LogP contribution in [-0.2, 0) is 30.3 Å². The van der Waals surface area contributed by atoms with E-state index in [0.29, 0.717) is 18.8 Å². The van der Waals surface area contributed by atoms with Gasteiger partial charge in [0.1, 0.15) is 32.0 Å². The third kappa shape index (κ3) is 6.10. The molecule has 0 radical (unpaired) electrons. The molecule has 0 aliphatic carbocycles. The predicted molar refractivity (Wildman–Crippen MR) is 129 cm³/mol. The summed E-state index contributed by atoms with van der Waals surface area (Å²) in [4.78, 5) is 35.7. The molecule has 2 fully saturated rings. The van der Waals surface area contributed by atoms with Crippen molar-refractivity contribution in [3.05, 3.63) is 82.9 Å². The number of carbonyl (C=O) groups is 3. The lowest BCUT2D eigenvalue weighted by atomic mass is 10.1. The molecule has 2 unspecified atom stereocenters. The SMILES string of the molecule is O=C(OCC1CO1)c1ccccc1C(=O)OCC1CO1.O=C(OCc1ccc2c(c1)O2)c1ccc2c(c1)O2. The molecule has 10 nitrogen and oxygen atoms in total. The van der Waals surface area contributed by atoms with E-state index in [1.807, 2.05) is 18.2 Å². The summed E-state index contributed by atoms with van der Waals surface area (Å²) in [5.41, 5.74) is 1.83. The molecule has 0 aromatic heterocycles. The Morgan fingerprint density at radius 1 is 0.658 bits per heavy atom. The number of hydrogen-bond donors (Lipinski definition) is 0. The summed E-state index contributed by atoms with van der Waals surface area (Å²) in [5.74, 6) is 1.90. The van der Waals surface area contributed by atoms with Crippen LogP contribution in [0.3, 0.4) is 0 Å². The molecule has 2 atom stereocenters. The lowest BCUT2D eigenvalue weighted by molar-refractivity contribution is 0.0430. The van der Waals surface area contributed by atoms with E-state index in [1.165, 1.54) is 0 Å². The first-order chi connectivity index (χ1) is 18.5. The fourth-order valence-corrected chi connectivity index (χ4v) is 3.48. The topological polar surface area (TPSA) is 129 Å². The van der Waals surface area contributed by atoms with Crippen molar-refractivity contribution < 1.29 is 47.5 Å². The second-order valence-corrected chi connectivity index (χ2v) is 8.88. The average Bonchev–Trinajstić information content (AvgIpc) is 3.76. The Morgan fingerprint density at radius 2 is 1.21 bits per heavy atom. The number of hydrogen-bond acceptors (Lipinski definition) is 10. The van der Waals surface area contributed by atoms with Gasteiger partial charge in [-0.3, -0.25) is 0 Å². The molecule has 7 rings (SSSR count). The van der Waals surface area contributed by atoms with E-state index in [2.05, 4.69) is 0 Å². The van der Waals surface area contributed by atoms with E-state index in [9.17, 15) is 14.4 Å². The number of benzene rings is 3. The largest absolute Gasteiger partial charge is 0.459 e. The van der Waals surface area contributed by atoms with Crippen molar-refractivity contribution in [3.63, 3.8) is 0 Å². The van der Waals surface area contributed by atoms with E-state index in [-0.39, 0.29) is 49.1 Å². The van der Waals surface area contributed by atoms with Crippen molar-refractivity contribution in [1.29, 1.82) is 0 Å². The number of esters is 3. The molecule has 2 saturated heterocycles. The first-order valence-corrected chi connectivity index (χ1v) is 12.0. The number of rotatable bonds is 9. The van der Waals surface area contributed by atoms with Gasteiger partial charge in [0.25, 0.3) is 0 Å². The molecule has 10 heteroatoms.